The number of carbonyl (C=O) groups excluding carboxylic acids is 1. The lowest BCUT2D eigenvalue weighted by Gasteiger charge is -2.03. The zero-order chi connectivity index (χ0) is 13.7. The number of esters is 1. The summed E-state index contributed by atoms with van der Waals surface area (Å²) in [4.78, 5) is 16.8. The third-order valence-corrected chi connectivity index (χ3v) is 3.65. The van der Waals surface area contributed by atoms with Gasteiger partial charge in [0.15, 0.2) is 0 Å². The molecule has 0 aliphatic heterocycles. The van der Waals surface area contributed by atoms with E-state index in [2.05, 4.69) is 34.8 Å². The molecule has 0 saturated heterocycles. The number of hydrogen-bond donors (Lipinski definition) is 0. The summed E-state index contributed by atoms with van der Waals surface area (Å²) in [6.07, 6.45) is 1.55. The SMILES string of the molecule is COC(=O)c1ccc(CSc2cccc(C)c2)nc1. The first-order valence-electron chi connectivity index (χ1n) is 5.92. The van der Waals surface area contributed by atoms with E-state index in [1.165, 1.54) is 17.6 Å². The van der Waals surface area contributed by atoms with Crippen LogP contribution >= 0.6 is 11.8 Å². The molecular weight excluding hydrogens is 258 g/mol. The average Bonchev–Trinajstić information content (AvgIpc) is 2.45. The lowest BCUT2D eigenvalue weighted by Crippen LogP contribution is -2.02. The van der Waals surface area contributed by atoms with Crippen molar-refractivity contribution in [3.8, 4) is 0 Å². The van der Waals surface area contributed by atoms with Crippen LogP contribution in [0, 0.1) is 6.92 Å². The molecule has 1 heterocycles. The van der Waals surface area contributed by atoms with Crippen molar-refractivity contribution in [1.82, 2.24) is 4.98 Å². The van der Waals surface area contributed by atoms with Gasteiger partial charge in [-0.15, -0.1) is 11.8 Å². The van der Waals surface area contributed by atoms with Crippen LogP contribution in [-0.2, 0) is 10.5 Å². The number of rotatable bonds is 4. The van der Waals surface area contributed by atoms with Gasteiger partial charge in [-0.2, -0.15) is 0 Å². The second-order valence-corrected chi connectivity index (χ2v) is 5.18. The molecule has 0 amide bonds. The largest absolute Gasteiger partial charge is 0.465 e. The van der Waals surface area contributed by atoms with Gasteiger partial charge in [0, 0.05) is 16.8 Å². The first-order chi connectivity index (χ1) is 9.19. The number of nitrogens with zero attached hydrogens (tertiary/aromatic N) is 1. The van der Waals surface area contributed by atoms with Crippen LogP contribution < -0.4 is 0 Å². The quantitative estimate of drug-likeness (QED) is 0.631. The summed E-state index contributed by atoms with van der Waals surface area (Å²) in [7, 11) is 1.36. The molecule has 0 fully saturated rings. The standard InChI is InChI=1S/C15H15NO2S/c1-11-4-3-5-14(8-11)19-10-13-7-6-12(9-16-13)15(17)18-2/h3-9H,10H2,1-2H3. The molecular formula is C15H15NO2S. The summed E-state index contributed by atoms with van der Waals surface area (Å²) >= 11 is 1.73. The fourth-order valence-electron chi connectivity index (χ4n) is 1.61. The number of pyridine rings is 1. The van der Waals surface area contributed by atoms with E-state index in [0.717, 1.165) is 11.4 Å². The Morgan fingerprint density at radius 1 is 1.32 bits per heavy atom. The van der Waals surface area contributed by atoms with E-state index in [4.69, 9.17) is 0 Å². The maximum absolute atomic E-state index is 11.3. The van der Waals surface area contributed by atoms with Crippen molar-refractivity contribution in [1.29, 1.82) is 0 Å². The van der Waals surface area contributed by atoms with Gasteiger partial charge in [-0.05, 0) is 31.2 Å². The predicted molar refractivity (Wildman–Crippen MR) is 76.3 cm³/mol. The van der Waals surface area contributed by atoms with Crippen LogP contribution in [0.25, 0.3) is 0 Å². The topological polar surface area (TPSA) is 39.2 Å². The number of aromatic nitrogens is 1. The molecule has 4 heteroatoms. The summed E-state index contributed by atoms with van der Waals surface area (Å²) in [6, 6.07) is 12.0. The van der Waals surface area contributed by atoms with Crippen molar-refractivity contribution >= 4 is 17.7 Å². The first kappa shape index (κ1) is 13.6. The van der Waals surface area contributed by atoms with E-state index >= 15 is 0 Å². The molecule has 0 unspecified atom stereocenters. The monoisotopic (exact) mass is 273 g/mol. The molecule has 0 bridgehead atoms. The third kappa shape index (κ3) is 3.83. The Bertz CT molecular complexity index is 567. The molecule has 0 atom stereocenters. The van der Waals surface area contributed by atoms with Crippen LogP contribution in [-0.4, -0.2) is 18.1 Å². The van der Waals surface area contributed by atoms with Crippen molar-refractivity contribution in [2.75, 3.05) is 7.11 Å². The van der Waals surface area contributed by atoms with Gasteiger partial charge in [-0.1, -0.05) is 17.7 Å². The molecule has 1 aromatic heterocycles. The van der Waals surface area contributed by atoms with E-state index < -0.39 is 0 Å². The van der Waals surface area contributed by atoms with Crippen LogP contribution in [0.3, 0.4) is 0 Å². The van der Waals surface area contributed by atoms with Crippen LogP contribution in [0.2, 0.25) is 0 Å². The zero-order valence-corrected chi connectivity index (χ0v) is 11.7. The van der Waals surface area contributed by atoms with Gasteiger partial charge in [-0.3, -0.25) is 4.98 Å². The number of benzene rings is 1. The minimum Gasteiger partial charge on any atom is -0.465 e. The van der Waals surface area contributed by atoms with Crippen LogP contribution in [0.15, 0.2) is 47.5 Å². The molecule has 0 aliphatic carbocycles. The zero-order valence-electron chi connectivity index (χ0n) is 10.9. The molecule has 19 heavy (non-hydrogen) atoms. The van der Waals surface area contributed by atoms with Crippen molar-refractivity contribution in [2.24, 2.45) is 0 Å². The molecule has 0 N–H and O–H groups in total. The van der Waals surface area contributed by atoms with E-state index in [-0.39, 0.29) is 5.97 Å². The molecule has 2 rings (SSSR count). The smallest absolute Gasteiger partial charge is 0.339 e. The highest BCUT2D eigenvalue weighted by molar-refractivity contribution is 7.98. The summed E-state index contributed by atoms with van der Waals surface area (Å²) in [6.45, 7) is 2.08. The molecule has 0 saturated carbocycles. The summed E-state index contributed by atoms with van der Waals surface area (Å²) in [5.74, 6) is 0.427. The molecule has 0 radical (unpaired) electrons. The molecule has 0 aliphatic rings. The molecule has 1 aromatic carbocycles. The van der Waals surface area contributed by atoms with Crippen LogP contribution in [0.4, 0.5) is 0 Å². The Balaban J connectivity index is 1.98. The number of carbonyl (C=O) groups is 1. The molecule has 98 valence electrons. The van der Waals surface area contributed by atoms with Crippen LogP contribution in [0.1, 0.15) is 21.6 Å². The average molecular weight is 273 g/mol. The maximum Gasteiger partial charge on any atom is 0.339 e. The lowest BCUT2D eigenvalue weighted by molar-refractivity contribution is 0.0600. The van der Waals surface area contributed by atoms with Crippen molar-refractivity contribution in [3.63, 3.8) is 0 Å². The van der Waals surface area contributed by atoms with E-state index in [1.54, 1.807) is 24.0 Å². The Hall–Kier alpha value is -1.81. The number of methoxy groups -OCH3 is 1. The normalized spacial score (nSPS) is 10.2. The van der Waals surface area contributed by atoms with Crippen molar-refractivity contribution in [3.05, 3.63) is 59.4 Å². The van der Waals surface area contributed by atoms with Gasteiger partial charge >= 0.3 is 5.97 Å². The number of ether oxygens (including phenoxy) is 1. The molecule has 2 aromatic rings. The van der Waals surface area contributed by atoms with Crippen molar-refractivity contribution < 1.29 is 9.53 Å². The summed E-state index contributed by atoms with van der Waals surface area (Å²) in [5, 5.41) is 0. The fourth-order valence-corrected chi connectivity index (χ4v) is 2.54. The summed E-state index contributed by atoms with van der Waals surface area (Å²) in [5.41, 5.74) is 2.67. The molecule has 0 spiro atoms. The maximum atomic E-state index is 11.3. The highest BCUT2D eigenvalue weighted by Gasteiger charge is 2.05. The Kier molecular flexibility index (Phi) is 4.58. The van der Waals surface area contributed by atoms with Gasteiger partial charge in [0.1, 0.15) is 0 Å². The van der Waals surface area contributed by atoms with Gasteiger partial charge in [0.2, 0.25) is 0 Å². The first-order valence-corrected chi connectivity index (χ1v) is 6.90. The predicted octanol–water partition coefficient (Wildman–Crippen LogP) is 3.47. The highest BCUT2D eigenvalue weighted by atomic mass is 32.2. The van der Waals surface area contributed by atoms with E-state index in [9.17, 15) is 4.79 Å². The third-order valence-electron chi connectivity index (χ3n) is 2.62. The lowest BCUT2D eigenvalue weighted by atomic mass is 10.2. The van der Waals surface area contributed by atoms with E-state index in [0.29, 0.717) is 5.56 Å². The van der Waals surface area contributed by atoms with Gasteiger partial charge in [0.25, 0.3) is 0 Å². The fraction of sp³-hybridized carbons (Fsp3) is 0.200. The van der Waals surface area contributed by atoms with Gasteiger partial charge in [0.05, 0.1) is 18.4 Å². The number of aryl methyl sites for hydroxylation is 1. The van der Waals surface area contributed by atoms with Gasteiger partial charge in [-0.25, -0.2) is 4.79 Å². The summed E-state index contributed by atoms with van der Waals surface area (Å²) < 4.78 is 4.63. The Morgan fingerprint density at radius 2 is 2.16 bits per heavy atom. The minimum absolute atomic E-state index is 0.356. The number of thioether (sulfide) groups is 1. The van der Waals surface area contributed by atoms with Gasteiger partial charge < -0.3 is 4.74 Å². The Labute approximate surface area is 117 Å². The second-order valence-electron chi connectivity index (χ2n) is 4.13. The highest BCUT2D eigenvalue weighted by Crippen LogP contribution is 2.22. The molecule has 3 nitrogen and oxygen atoms in total. The second kappa shape index (κ2) is 6.38. The van der Waals surface area contributed by atoms with E-state index in [1.807, 2.05) is 12.1 Å². The minimum atomic E-state index is -0.356. The van der Waals surface area contributed by atoms with Crippen molar-refractivity contribution in [2.45, 2.75) is 17.6 Å². The Morgan fingerprint density at radius 3 is 2.79 bits per heavy atom. The van der Waals surface area contributed by atoms with Crippen LogP contribution in [0.5, 0.6) is 0 Å². The number of hydrogen-bond acceptors (Lipinski definition) is 4.